The lowest BCUT2D eigenvalue weighted by Gasteiger charge is -2.38. The van der Waals surface area contributed by atoms with Crippen LogP contribution in [0.25, 0.3) is 0 Å². The highest BCUT2D eigenvalue weighted by atomic mass is 35.5. The van der Waals surface area contributed by atoms with Gasteiger partial charge in [0.25, 0.3) is 0 Å². The number of thioether (sulfide) groups is 1. The molecule has 2 aromatic rings. The van der Waals surface area contributed by atoms with Gasteiger partial charge in [-0.3, -0.25) is 9.69 Å². The van der Waals surface area contributed by atoms with Crippen molar-refractivity contribution in [3.63, 3.8) is 0 Å². The molecule has 0 saturated carbocycles. The van der Waals surface area contributed by atoms with Gasteiger partial charge in [0.15, 0.2) is 17.2 Å². The molecule has 2 aliphatic rings. The van der Waals surface area contributed by atoms with Crippen LogP contribution in [0.2, 0.25) is 5.02 Å². The molecule has 2 unspecified atom stereocenters. The molecule has 0 spiro atoms. The van der Waals surface area contributed by atoms with Crippen molar-refractivity contribution in [2.75, 3.05) is 19.0 Å². The number of carbonyl (C=O) groups is 1. The second kappa shape index (κ2) is 9.68. The van der Waals surface area contributed by atoms with Gasteiger partial charge in [0, 0.05) is 22.9 Å². The minimum atomic E-state index is -1.52. The van der Waals surface area contributed by atoms with Crippen molar-refractivity contribution in [1.82, 2.24) is 4.90 Å². The average Bonchev–Trinajstić information content (AvgIpc) is 3.17. The van der Waals surface area contributed by atoms with E-state index in [9.17, 15) is 15.2 Å². The van der Waals surface area contributed by atoms with Gasteiger partial charge in [-0.15, -0.1) is 11.8 Å². The molecule has 1 fully saturated rings. The molecule has 0 aliphatic carbocycles. The van der Waals surface area contributed by atoms with Crippen molar-refractivity contribution in [1.29, 1.82) is 5.26 Å². The number of nitrogens with zero attached hydrogens (tertiary/aromatic N) is 2. The number of amides is 1. The first kappa shape index (κ1) is 23.5. The maximum absolute atomic E-state index is 13.3. The molecule has 6 nitrogen and oxygen atoms in total. The molecule has 2 aliphatic heterocycles. The fraction of sp³-hybridized carbons (Fsp3) is 0.360. The zero-order valence-electron chi connectivity index (χ0n) is 18.5. The maximum Gasteiger partial charge on any atom is 0.231 e. The number of fused-ring (bicyclic) bond motifs is 1. The predicted octanol–water partition coefficient (Wildman–Crippen LogP) is 5.17. The third-order valence-corrected chi connectivity index (χ3v) is 7.22. The highest BCUT2D eigenvalue weighted by Gasteiger charge is 2.51. The summed E-state index contributed by atoms with van der Waals surface area (Å²) in [6.45, 7) is 4.97. The third-order valence-electron chi connectivity index (χ3n) is 5.75. The zero-order valence-corrected chi connectivity index (χ0v) is 20.1. The number of aliphatic hydroxyl groups is 1. The molecule has 2 aromatic carbocycles. The fourth-order valence-corrected chi connectivity index (χ4v) is 5.67. The van der Waals surface area contributed by atoms with Gasteiger partial charge in [-0.1, -0.05) is 36.7 Å². The second-order valence-corrected chi connectivity index (χ2v) is 9.32. The summed E-state index contributed by atoms with van der Waals surface area (Å²) in [6.07, 6.45) is 0.947. The molecule has 0 aromatic heterocycles. The summed E-state index contributed by atoms with van der Waals surface area (Å²) in [4.78, 5) is 14.7. The largest absolute Gasteiger partial charge is 0.490 e. The Morgan fingerprint density at radius 2 is 1.97 bits per heavy atom. The molecule has 172 valence electrons. The van der Waals surface area contributed by atoms with Crippen molar-refractivity contribution >= 4 is 29.3 Å². The van der Waals surface area contributed by atoms with Crippen LogP contribution in [-0.2, 0) is 10.5 Å². The van der Waals surface area contributed by atoms with Gasteiger partial charge < -0.3 is 14.6 Å². The Morgan fingerprint density at radius 1 is 1.21 bits per heavy atom. The summed E-state index contributed by atoms with van der Waals surface area (Å²) >= 11 is 7.32. The third kappa shape index (κ3) is 4.31. The summed E-state index contributed by atoms with van der Waals surface area (Å²) in [5.41, 5.74) is 0.314. The van der Waals surface area contributed by atoms with E-state index in [1.807, 2.05) is 32.0 Å². The summed E-state index contributed by atoms with van der Waals surface area (Å²) < 4.78 is 11.6. The topological polar surface area (TPSA) is 82.8 Å². The molecule has 1 saturated heterocycles. The van der Waals surface area contributed by atoms with E-state index in [-0.39, 0.29) is 18.1 Å². The lowest BCUT2D eigenvalue weighted by Crippen LogP contribution is -2.48. The Hall–Kier alpha value is -2.66. The van der Waals surface area contributed by atoms with Crippen LogP contribution in [0.1, 0.15) is 43.7 Å². The molecule has 33 heavy (non-hydrogen) atoms. The first-order valence-electron chi connectivity index (χ1n) is 10.9. The summed E-state index contributed by atoms with van der Waals surface area (Å²) in [5, 5.41) is 22.6. The van der Waals surface area contributed by atoms with Gasteiger partial charge in [0.2, 0.25) is 5.91 Å². The van der Waals surface area contributed by atoms with E-state index in [4.69, 9.17) is 21.1 Å². The Balaban J connectivity index is 1.73. The Morgan fingerprint density at radius 3 is 2.64 bits per heavy atom. The summed E-state index contributed by atoms with van der Waals surface area (Å²) in [5.74, 6) is 0.817. The standard InChI is InChI=1S/C25H25ClN2O4S/c1-3-11-32-21-10-5-16(12-22(21)31-4-2)19-13-23(29)28-24(20(19)14-27)33-15-25(28,30)17-6-8-18(26)9-7-17/h5-10,12,19,30H,3-4,11,13,15H2,1-2H3. The number of rotatable bonds is 7. The van der Waals surface area contributed by atoms with Gasteiger partial charge in [-0.25, -0.2) is 0 Å². The number of carbonyl (C=O) groups excluding carboxylic acids is 1. The number of hydrogen-bond acceptors (Lipinski definition) is 6. The second-order valence-electron chi connectivity index (χ2n) is 7.92. The number of halogens is 1. The van der Waals surface area contributed by atoms with Crippen LogP contribution >= 0.6 is 23.4 Å². The molecule has 4 rings (SSSR count). The van der Waals surface area contributed by atoms with Gasteiger partial charge in [0.05, 0.1) is 35.6 Å². The lowest BCUT2D eigenvalue weighted by molar-refractivity contribution is -0.149. The van der Waals surface area contributed by atoms with E-state index in [0.29, 0.717) is 45.9 Å². The Bertz CT molecular complexity index is 1130. The average molecular weight is 485 g/mol. The Kier molecular flexibility index (Phi) is 6.89. The SMILES string of the molecule is CCCOc1ccc(C2CC(=O)N3C(=C2C#N)SCC3(O)c2ccc(Cl)cc2)cc1OCC. The van der Waals surface area contributed by atoms with Crippen molar-refractivity contribution < 1.29 is 19.4 Å². The molecule has 1 amide bonds. The van der Waals surface area contributed by atoms with Crippen molar-refractivity contribution in [2.24, 2.45) is 0 Å². The van der Waals surface area contributed by atoms with Gasteiger partial charge >= 0.3 is 0 Å². The number of benzene rings is 2. The summed E-state index contributed by atoms with van der Waals surface area (Å²) in [7, 11) is 0. The minimum absolute atomic E-state index is 0.0730. The molecule has 2 heterocycles. The van der Waals surface area contributed by atoms with Crippen LogP contribution in [-0.4, -0.2) is 34.9 Å². The summed E-state index contributed by atoms with van der Waals surface area (Å²) in [6, 6.07) is 14.6. The number of hydrogen-bond donors (Lipinski definition) is 1. The molecule has 2 atom stereocenters. The van der Waals surface area contributed by atoms with Gasteiger partial charge in [-0.2, -0.15) is 5.26 Å². The van der Waals surface area contributed by atoms with E-state index in [2.05, 4.69) is 6.07 Å². The Labute approximate surface area is 202 Å². The van der Waals surface area contributed by atoms with Crippen LogP contribution in [0.5, 0.6) is 11.5 Å². The van der Waals surface area contributed by atoms with Crippen LogP contribution in [0.3, 0.4) is 0 Å². The maximum atomic E-state index is 13.3. The molecule has 8 heteroatoms. The zero-order chi connectivity index (χ0) is 23.6. The highest BCUT2D eigenvalue weighted by molar-refractivity contribution is 8.03. The van der Waals surface area contributed by atoms with Crippen LogP contribution in [0.15, 0.2) is 53.1 Å². The van der Waals surface area contributed by atoms with Crippen molar-refractivity contribution in [3.8, 4) is 17.6 Å². The van der Waals surface area contributed by atoms with Crippen molar-refractivity contribution in [3.05, 3.63) is 69.2 Å². The number of ether oxygens (including phenoxy) is 2. The van der Waals surface area contributed by atoms with Gasteiger partial charge in [-0.05, 0) is 43.2 Å². The quantitative estimate of drug-likeness (QED) is 0.583. The van der Waals surface area contributed by atoms with Crippen LogP contribution < -0.4 is 9.47 Å². The first-order chi connectivity index (χ1) is 15.9. The smallest absolute Gasteiger partial charge is 0.231 e. The molecule has 1 N–H and O–H groups in total. The molecular weight excluding hydrogens is 460 g/mol. The van der Waals surface area contributed by atoms with Crippen LogP contribution in [0, 0.1) is 11.3 Å². The highest BCUT2D eigenvalue weighted by Crippen LogP contribution is 2.52. The van der Waals surface area contributed by atoms with E-state index >= 15 is 0 Å². The first-order valence-corrected chi connectivity index (χ1v) is 12.3. The predicted molar refractivity (Wildman–Crippen MR) is 128 cm³/mol. The molecular formula is C25H25ClN2O4S. The normalized spacial score (nSPS) is 22.2. The number of allylic oxidation sites excluding steroid dienone is 1. The minimum Gasteiger partial charge on any atom is -0.490 e. The molecule has 0 bridgehead atoms. The lowest BCUT2D eigenvalue weighted by atomic mass is 9.85. The van der Waals surface area contributed by atoms with E-state index in [0.717, 1.165) is 12.0 Å². The van der Waals surface area contributed by atoms with E-state index in [1.54, 1.807) is 24.3 Å². The van der Waals surface area contributed by atoms with Crippen LogP contribution in [0.4, 0.5) is 0 Å². The van der Waals surface area contributed by atoms with Gasteiger partial charge in [0.1, 0.15) is 0 Å². The van der Waals surface area contributed by atoms with E-state index in [1.165, 1.54) is 16.7 Å². The van der Waals surface area contributed by atoms with E-state index < -0.39 is 11.6 Å². The number of nitriles is 1. The molecule has 0 radical (unpaired) electrons. The monoisotopic (exact) mass is 484 g/mol. The fourth-order valence-electron chi connectivity index (χ4n) is 4.18. The van der Waals surface area contributed by atoms with Crippen molar-refractivity contribution in [2.45, 2.75) is 38.3 Å².